The molecule has 2 fully saturated rings. The fourth-order valence-corrected chi connectivity index (χ4v) is 3.61. The molecule has 1 aromatic heterocycles. The fraction of sp³-hybridized carbons (Fsp3) is 0.800. The highest BCUT2D eigenvalue weighted by Gasteiger charge is 2.44. The smallest absolute Gasteiger partial charge is 0.340 e. The molecule has 3 heterocycles. The quantitative estimate of drug-likeness (QED) is 0.722. The molecule has 23 heavy (non-hydrogen) atoms. The predicted molar refractivity (Wildman–Crippen MR) is 81.9 cm³/mol. The molecular weight excluding hydrogens is 300 g/mol. The number of hydrogen-bond acceptors (Lipinski definition) is 5. The number of H-pyrrole nitrogens is 2. The molecule has 8 nitrogen and oxygen atoms in total. The van der Waals surface area contributed by atoms with Crippen LogP contribution in [0.15, 0.2) is 4.79 Å². The summed E-state index contributed by atoms with van der Waals surface area (Å²) in [6.45, 7) is 3.73. The van der Waals surface area contributed by atoms with Crippen LogP contribution in [-0.4, -0.2) is 62.0 Å². The van der Waals surface area contributed by atoms with Gasteiger partial charge in [0, 0.05) is 32.4 Å². The zero-order valence-electron chi connectivity index (χ0n) is 13.4. The van der Waals surface area contributed by atoms with Crippen molar-refractivity contribution in [2.45, 2.75) is 56.7 Å². The van der Waals surface area contributed by atoms with Gasteiger partial charge in [-0.3, -0.25) is 9.78 Å². The van der Waals surface area contributed by atoms with Crippen molar-refractivity contribution in [3.8, 4) is 0 Å². The molecule has 0 bridgehead atoms. The number of aromatic amines is 2. The van der Waals surface area contributed by atoms with Crippen LogP contribution in [0.4, 0.5) is 0 Å². The summed E-state index contributed by atoms with van der Waals surface area (Å²) in [5.74, 6) is 0.565. The number of rotatable bonds is 3. The van der Waals surface area contributed by atoms with Crippen molar-refractivity contribution >= 4 is 5.91 Å². The van der Waals surface area contributed by atoms with Crippen LogP contribution in [0.1, 0.15) is 44.9 Å². The summed E-state index contributed by atoms with van der Waals surface area (Å²) in [5, 5.41) is 16.4. The number of aromatic nitrogens is 3. The third-order valence-corrected chi connectivity index (χ3v) is 4.91. The largest absolute Gasteiger partial charge is 0.390 e. The number of aliphatic hydroxyl groups is 1. The Balaban J connectivity index is 1.50. The van der Waals surface area contributed by atoms with Crippen molar-refractivity contribution in [1.29, 1.82) is 0 Å². The molecule has 3 rings (SSSR count). The summed E-state index contributed by atoms with van der Waals surface area (Å²) in [5.41, 5.74) is -1.31. The Bertz CT molecular complexity index is 613. The first kappa shape index (κ1) is 16.2. The molecule has 0 saturated carbocycles. The van der Waals surface area contributed by atoms with E-state index in [1.54, 1.807) is 0 Å². The van der Waals surface area contributed by atoms with E-state index in [0.29, 0.717) is 51.2 Å². The zero-order chi connectivity index (χ0) is 16.5. The maximum atomic E-state index is 12.3. The van der Waals surface area contributed by atoms with E-state index in [2.05, 4.69) is 15.2 Å². The van der Waals surface area contributed by atoms with E-state index in [4.69, 9.17) is 4.74 Å². The van der Waals surface area contributed by atoms with Crippen LogP contribution in [0.2, 0.25) is 0 Å². The highest BCUT2D eigenvalue weighted by molar-refractivity contribution is 5.76. The summed E-state index contributed by atoms with van der Waals surface area (Å²) in [4.78, 5) is 27.6. The van der Waals surface area contributed by atoms with Crippen LogP contribution < -0.4 is 5.69 Å². The van der Waals surface area contributed by atoms with E-state index in [1.807, 2.05) is 11.8 Å². The number of piperidine rings is 1. The summed E-state index contributed by atoms with van der Waals surface area (Å²) in [6, 6.07) is 0. The molecule has 0 aromatic carbocycles. The monoisotopic (exact) mass is 324 g/mol. The summed E-state index contributed by atoms with van der Waals surface area (Å²) in [6.07, 6.45) is 3.56. The third kappa shape index (κ3) is 3.81. The Morgan fingerprint density at radius 2 is 2.13 bits per heavy atom. The maximum Gasteiger partial charge on any atom is 0.340 e. The van der Waals surface area contributed by atoms with Crippen LogP contribution in [0.5, 0.6) is 0 Å². The number of likely N-dealkylation sites (tertiary alicyclic amines) is 1. The number of nitrogens with zero attached hydrogens (tertiary/aromatic N) is 2. The van der Waals surface area contributed by atoms with Gasteiger partial charge in [0.2, 0.25) is 5.91 Å². The van der Waals surface area contributed by atoms with Crippen molar-refractivity contribution in [3.05, 3.63) is 16.3 Å². The predicted octanol–water partition coefficient (Wildman–Crippen LogP) is -0.0468. The number of aryl methyl sites for hydroxylation is 1. The van der Waals surface area contributed by atoms with Gasteiger partial charge in [0.15, 0.2) is 0 Å². The fourth-order valence-electron chi connectivity index (χ4n) is 3.61. The Kier molecular flexibility index (Phi) is 4.29. The second-order valence-corrected chi connectivity index (χ2v) is 6.96. The molecule has 2 saturated heterocycles. The van der Waals surface area contributed by atoms with Crippen LogP contribution in [0, 0.1) is 0 Å². The van der Waals surface area contributed by atoms with Gasteiger partial charge in [-0.1, -0.05) is 0 Å². The van der Waals surface area contributed by atoms with Crippen molar-refractivity contribution < 1.29 is 14.6 Å². The highest BCUT2D eigenvalue weighted by Crippen LogP contribution is 2.39. The van der Waals surface area contributed by atoms with Crippen molar-refractivity contribution in [2.75, 3.05) is 19.7 Å². The number of carbonyl (C=O) groups is 1. The van der Waals surface area contributed by atoms with E-state index in [1.165, 1.54) is 0 Å². The van der Waals surface area contributed by atoms with E-state index >= 15 is 0 Å². The molecule has 8 heteroatoms. The zero-order valence-corrected chi connectivity index (χ0v) is 13.4. The second kappa shape index (κ2) is 6.09. The average molecular weight is 324 g/mol. The number of amides is 1. The minimum atomic E-state index is -0.670. The number of nitrogens with one attached hydrogen (secondary N) is 2. The molecule has 2 aliphatic rings. The summed E-state index contributed by atoms with van der Waals surface area (Å²) >= 11 is 0. The highest BCUT2D eigenvalue weighted by atomic mass is 16.5. The topological polar surface area (TPSA) is 111 Å². The Morgan fingerprint density at radius 3 is 2.74 bits per heavy atom. The third-order valence-electron chi connectivity index (χ3n) is 4.91. The normalized spacial score (nSPS) is 27.3. The van der Waals surface area contributed by atoms with Crippen molar-refractivity contribution in [3.63, 3.8) is 0 Å². The Morgan fingerprint density at radius 1 is 1.39 bits per heavy atom. The van der Waals surface area contributed by atoms with Gasteiger partial charge in [0.05, 0.1) is 17.8 Å². The van der Waals surface area contributed by atoms with Gasteiger partial charge in [0.25, 0.3) is 0 Å². The molecule has 1 atom stereocenters. The maximum absolute atomic E-state index is 12.3. The van der Waals surface area contributed by atoms with Gasteiger partial charge in [-0.25, -0.2) is 9.89 Å². The standard InChI is InChI=1S/C15H24N4O4/c1-14(22)6-9-23-15(10-14)4-7-19(8-5-15)12(20)3-2-11-16-13(21)18-17-11/h22H,2-10H2,1H3,(H2,16,17,18,21). The molecule has 0 aliphatic carbocycles. The molecule has 1 unspecified atom stereocenters. The lowest BCUT2D eigenvalue weighted by Gasteiger charge is -2.48. The summed E-state index contributed by atoms with van der Waals surface area (Å²) < 4.78 is 5.95. The lowest BCUT2D eigenvalue weighted by molar-refractivity contribution is -0.175. The summed E-state index contributed by atoms with van der Waals surface area (Å²) in [7, 11) is 0. The molecule has 0 radical (unpaired) electrons. The molecule has 2 aliphatic heterocycles. The first-order valence-electron chi connectivity index (χ1n) is 8.15. The van der Waals surface area contributed by atoms with Crippen LogP contribution in [0.3, 0.4) is 0 Å². The second-order valence-electron chi connectivity index (χ2n) is 6.96. The number of hydrogen-bond donors (Lipinski definition) is 3. The molecule has 128 valence electrons. The van der Waals surface area contributed by atoms with Crippen LogP contribution in [-0.2, 0) is 16.0 Å². The van der Waals surface area contributed by atoms with E-state index < -0.39 is 5.60 Å². The van der Waals surface area contributed by atoms with Crippen LogP contribution >= 0.6 is 0 Å². The minimum absolute atomic E-state index is 0.0614. The Labute approximate surface area is 134 Å². The SMILES string of the molecule is CC1(O)CCOC2(CCN(C(=O)CCc3n[nH]c(=O)[nH]3)CC2)C1. The molecular formula is C15H24N4O4. The lowest BCUT2D eigenvalue weighted by atomic mass is 9.78. The molecule has 3 N–H and O–H groups in total. The van der Waals surface area contributed by atoms with E-state index in [9.17, 15) is 14.7 Å². The van der Waals surface area contributed by atoms with Crippen molar-refractivity contribution in [1.82, 2.24) is 20.1 Å². The van der Waals surface area contributed by atoms with Crippen molar-refractivity contribution in [2.24, 2.45) is 0 Å². The first-order chi connectivity index (χ1) is 10.9. The van der Waals surface area contributed by atoms with Gasteiger partial charge in [-0.15, -0.1) is 0 Å². The van der Waals surface area contributed by atoms with Gasteiger partial charge >= 0.3 is 5.69 Å². The molecule has 1 spiro atoms. The van der Waals surface area contributed by atoms with Gasteiger partial charge in [-0.2, -0.15) is 5.10 Å². The van der Waals surface area contributed by atoms with Gasteiger partial charge in [-0.05, 0) is 26.2 Å². The first-order valence-corrected chi connectivity index (χ1v) is 8.15. The van der Waals surface area contributed by atoms with E-state index in [0.717, 1.165) is 12.8 Å². The average Bonchev–Trinajstić information content (AvgIpc) is 2.90. The number of carbonyl (C=O) groups excluding carboxylic acids is 1. The number of ether oxygens (including phenoxy) is 1. The minimum Gasteiger partial charge on any atom is -0.390 e. The van der Waals surface area contributed by atoms with Gasteiger partial charge in [0.1, 0.15) is 5.82 Å². The lowest BCUT2D eigenvalue weighted by Crippen LogP contribution is -2.54. The van der Waals surface area contributed by atoms with Gasteiger partial charge < -0.3 is 14.7 Å². The Hall–Kier alpha value is -1.67. The molecule has 1 aromatic rings. The van der Waals surface area contributed by atoms with Crippen LogP contribution in [0.25, 0.3) is 0 Å². The van der Waals surface area contributed by atoms with E-state index in [-0.39, 0.29) is 17.2 Å². The molecule has 1 amide bonds.